The van der Waals surface area contributed by atoms with E-state index in [1.807, 2.05) is 38.0 Å². The summed E-state index contributed by atoms with van der Waals surface area (Å²) >= 11 is 7.95. The van der Waals surface area contributed by atoms with Gasteiger partial charge in [-0.3, -0.25) is 29.0 Å². The van der Waals surface area contributed by atoms with Crippen LogP contribution in [0, 0.1) is 0 Å². The first kappa shape index (κ1) is 60.0. The number of thiazole rings is 2. The highest BCUT2D eigenvalue weighted by Crippen LogP contribution is 2.43. The molecule has 29 nitrogen and oxygen atoms in total. The molecule has 1 aliphatic carbocycles. The Bertz CT molecular complexity index is 2980. The number of aromatic nitrogens is 10. The summed E-state index contributed by atoms with van der Waals surface area (Å²) in [6.07, 6.45) is 2.15. The zero-order valence-electron chi connectivity index (χ0n) is 44.1. The van der Waals surface area contributed by atoms with Gasteiger partial charge in [-0.1, -0.05) is 29.9 Å². The summed E-state index contributed by atoms with van der Waals surface area (Å²) in [6.45, 7) is 4.06. The lowest BCUT2D eigenvalue weighted by atomic mass is 9.98. The zero-order valence-corrected chi connectivity index (χ0v) is 49.0. The number of rotatable bonds is 23. The fraction of sp³-hybridized carbons (Fsp3) is 0.578. The molecule has 0 bridgehead atoms. The summed E-state index contributed by atoms with van der Waals surface area (Å²) in [4.78, 5) is 104. The van der Waals surface area contributed by atoms with Crippen molar-refractivity contribution in [3.8, 4) is 0 Å². The molecule has 3 fully saturated rings. The van der Waals surface area contributed by atoms with Gasteiger partial charge in [-0.05, 0) is 85.9 Å². The first-order valence-corrected chi connectivity index (χ1v) is 30.9. The number of hydrogen-bond donors (Lipinski definition) is 5. The largest absolute Gasteiger partial charge is 0.511 e. The number of nitrogens with zero attached hydrogens (tertiary/aromatic N) is 14. The van der Waals surface area contributed by atoms with Gasteiger partial charge >= 0.3 is 18.1 Å². The first-order chi connectivity index (χ1) is 38.3. The Morgan fingerprint density at radius 2 is 1.21 bits per heavy atom. The van der Waals surface area contributed by atoms with Gasteiger partial charge in [-0.15, -0.1) is 56.4 Å². The van der Waals surface area contributed by atoms with E-state index in [0.29, 0.717) is 73.5 Å². The molecule has 9 rings (SSSR count). The molecule has 1 unspecified atom stereocenters. The van der Waals surface area contributed by atoms with Crippen LogP contribution in [0.3, 0.4) is 0 Å². The van der Waals surface area contributed by atoms with Crippen molar-refractivity contribution in [1.82, 2.24) is 80.6 Å². The van der Waals surface area contributed by atoms with Crippen molar-refractivity contribution >= 4 is 122 Å². The number of aliphatic carboxylic acids is 1. The molecule has 4 amide bonds. The predicted octanol–water partition coefficient (Wildman–Crippen LogP) is 0.984. The molecule has 0 aromatic carbocycles. The highest BCUT2D eigenvalue weighted by atomic mass is 32.2. The van der Waals surface area contributed by atoms with E-state index < -0.39 is 59.0 Å². The summed E-state index contributed by atoms with van der Waals surface area (Å²) in [5.74, 6) is -2.26. The molecule has 5 atom stereocenters. The number of carboxylic acid groups (broad SMARTS) is 1. The van der Waals surface area contributed by atoms with Crippen molar-refractivity contribution in [2.24, 2.45) is 0 Å². The summed E-state index contributed by atoms with van der Waals surface area (Å²) in [7, 11) is 7.80. The van der Waals surface area contributed by atoms with Crippen LogP contribution in [-0.4, -0.2) is 216 Å². The number of ether oxygens (including phenoxy) is 3. The number of anilines is 2. The summed E-state index contributed by atoms with van der Waals surface area (Å²) < 4.78 is 19.5. The number of nitrogens with one attached hydrogen (secondary N) is 2. The predicted molar refractivity (Wildman–Crippen MR) is 296 cm³/mol. The number of likely N-dealkylation sites (N-methyl/N-ethyl adjacent to an activating group) is 2. The van der Waals surface area contributed by atoms with Crippen molar-refractivity contribution in [1.29, 1.82) is 0 Å². The van der Waals surface area contributed by atoms with Gasteiger partial charge in [0.2, 0.25) is 28.4 Å². The third-order valence-electron chi connectivity index (χ3n) is 12.6. The van der Waals surface area contributed by atoms with Gasteiger partial charge < -0.3 is 51.2 Å². The molecular formula is C45H60N18O11S6. The molecule has 1 saturated carbocycles. The average Bonchev–Trinajstić information content (AvgIpc) is 4.31. The molecule has 0 radical (unpaired) electrons. The Labute approximate surface area is 483 Å². The highest BCUT2D eigenvalue weighted by Gasteiger charge is 2.56. The number of carbonyl (C=O) groups excluding carboxylic acids is 6. The third-order valence-corrected chi connectivity index (χ3v) is 18.8. The molecule has 2 saturated heterocycles. The number of tetrazole rings is 2. The van der Waals surface area contributed by atoms with Gasteiger partial charge in [-0.25, -0.2) is 33.7 Å². The fourth-order valence-electron chi connectivity index (χ4n) is 8.65. The molecule has 5 aliphatic rings. The molecule has 4 aliphatic heterocycles. The Kier molecular flexibility index (Phi) is 20.7. The van der Waals surface area contributed by atoms with E-state index in [1.165, 1.54) is 86.4 Å². The number of β-lactam (4-membered cyclic amide) rings is 2. The molecule has 4 aromatic rings. The minimum Gasteiger partial charge on any atom is -0.477 e. The van der Waals surface area contributed by atoms with E-state index in [4.69, 9.17) is 25.7 Å². The Morgan fingerprint density at radius 1 is 0.738 bits per heavy atom. The highest BCUT2D eigenvalue weighted by molar-refractivity contribution is 8.01. The normalized spacial score (nSPS) is 20.3. The van der Waals surface area contributed by atoms with Crippen LogP contribution in [0.1, 0.15) is 50.4 Å². The maximum atomic E-state index is 13.6. The molecule has 4 aromatic heterocycles. The summed E-state index contributed by atoms with van der Waals surface area (Å²) in [6, 6.07) is -1.63. The van der Waals surface area contributed by atoms with Crippen LogP contribution in [0.15, 0.2) is 43.6 Å². The number of fused-ring (bicyclic) bond motifs is 2. The van der Waals surface area contributed by atoms with E-state index in [0.717, 1.165) is 45.2 Å². The first-order valence-electron chi connectivity index (χ1n) is 25.0. The molecular weight excluding hydrogens is 1160 g/mol. The second-order valence-corrected chi connectivity index (χ2v) is 25.0. The number of amides is 4. The molecule has 8 heterocycles. The lowest BCUT2D eigenvalue weighted by molar-refractivity contribution is -0.170. The van der Waals surface area contributed by atoms with E-state index >= 15 is 0 Å². The number of carboxylic acids is 1. The Morgan fingerprint density at radius 3 is 1.66 bits per heavy atom. The van der Waals surface area contributed by atoms with Crippen LogP contribution in [0.5, 0.6) is 0 Å². The minimum absolute atomic E-state index is 0.000917. The molecule has 432 valence electrons. The van der Waals surface area contributed by atoms with E-state index in [2.05, 4.69) is 51.7 Å². The smallest absolute Gasteiger partial charge is 0.477 e. The van der Waals surface area contributed by atoms with Crippen molar-refractivity contribution in [2.45, 2.75) is 110 Å². The fourth-order valence-corrected chi connectivity index (χ4v) is 14.6. The van der Waals surface area contributed by atoms with E-state index in [1.54, 1.807) is 20.1 Å². The number of carbonyl (C=O) groups is 7. The topological polar surface area (TPSA) is 369 Å². The maximum absolute atomic E-state index is 13.6. The van der Waals surface area contributed by atoms with Crippen LogP contribution in [0.2, 0.25) is 0 Å². The monoisotopic (exact) mass is 1220 g/mol. The lowest BCUT2D eigenvalue weighted by Crippen LogP contribution is -2.70. The zero-order chi connectivity index (χ0) is 57.2. The van der Waals surface area contributed by atoms with Crippen LogP contribution < -0.4 is 22.1 Å². The van der Waals surface area contributed by atoms with Crippen LogP contribution in [-0.2, 0) is 68.9 Å². The lowest BCUT2D eigenvalue weighted by Gasteiger charge is -2.49. The third kappa shape index (κ3) is 15.3. The molecule has 35 heteroatoms. The second kappa shape index (κ2) is 27.6. The van der Waals surface area contributed by atoms with Gasteiger partial charge in [0.05, 0.1) is 37.3 Å². The van der Waals surface area contributed by atoms with Crippen molar-refractivity contribution < 1.29 is 52.9 Å². The number of thioether (sulfide) groups is 4. The Hall–Kier alpha value is -6.11. The van der Waals surface area contributed by atoms with E-state index in [9.17, 15) is 38.7 Å². The van der Waals surface area contributed by atoms with Gasteiger partial charge in [0.1, 0.15) is 40.3 Å². The number of nitrogen functional groups attached to an aromatic ring is 2. The van der Waals surface area contributed by atoms with Crippen molar-refractivity contribution in [3.63, 3.8) is 0 Å². The van der Waals surface area contributed by atoms with Crippen molar-refractivity contribution in [3.05, 3.63) is 44.7 Å². The standard InChI is InChI=1S/C27H37N9O7S3.C18H23N9O4S3/c1-15(42-27(40)43-18-7-5-4-6-8-18)41-24(39)21-16(13-46-26-31-32-33-35(26)10-9-34(2)3)12-44-23-20(22(38)36(21)23)30-19(37)11-17-14-45-25(28)29-17;1-25(2)3-4-26-18(22-23-24-26)34-7-9-6-32-15-12(14(29)27(15)13(9)16(30)31)21-11(28)5-10-8-33-17(19)20-10/h14-15,18,20,23H,4-13H2,1-3H3,(H2,28,29)(H,30,37);8,12,15H,3-7H2,1-2H3,(H2,19,20)(H,21,28)(H,30,31)/t15?,20-,23-;12-,15-/m11/s1. The average molecular weight is 1220 g/mol. The number of hydrogen-bond acceptors (Lipinski definition) is 28. The summed E-state index contributed by atoms with van der Waals surface area (Å²) in [5, 5.41) is 43.2. The van der Waals surface area contributed by atoms with Gasteiger partial charge in [0, 0.05) is 53.8 Å². The van der Waals surface area contributed by atoms with Crippen LogP contribution >= 0.6 is 69.7 Å². The maximum Gasteiger partial charge on any atom is 0.511 e. The molecule has 7 N–H and O–H groups in total. The van der Waals surface area contributed by atoms with Gasteiger partial charge in [0.25, 0.3) is 11.8 Å². The van der Waals surface area contributed by atoms with E-state index in [-0.39, 0.29) is 47.9 Å². The SMILES string of the molecule is CC(OC(=O)OC1CCCCC1)OC(=O)C1=C(CSc2nnnn2CCN(C)C)CS[C@@H]2[C@H](NC(=O)Cc3csc(N)n3)C(=O)N12.CN(C)CCn1nnnc1SCC1=C(C(=O)O)N2C(=O)[C@@H](NC(=O)Cc3csc(N)n3)[C@H]2SC1. The minimum atomic E-state index is -1.27. The molecule has 0 spiro atoms. The summed E-state index contributed by atoms with van der Waals surface area (Å²) in [5.41, 5.74) is 13.5. The number of esters is 1. The Balaban J connectivity index is 0.000000220. The van der Waals surface area contributed by atoms with Gasteiger partial charge in [-0.2, -0.15) is 0 Å². The second-order valence-electron chi connectivity index (χ2n) is 19.1. The molecule has 80 heavy (non-hydrogen) atoms. The van der Waals surface area contributed by atoms with Crippen molar-refractivity contribution in [2.75, 3.05) is 75.8 Å². The van der Waals surface area contributed by atoms with Crippen LogP contribution in [0.25, 0.3) is 0 Å². The van der Waals surface area contributed by atoms with Gasteiger partial charge in [0.15, 0.2) is 10.3 Å². The quantitative estimate of drug-likeness (QED) is 0.0299. The van der Waals surface area contributed by atoms with Crippen LogP contribution in [0.4, 0.5) is 15.1 Å². The number of nitrogens with two attached hydrogens (primary N) is 2.